The Labute approximate surface area is 121 Å². The van der Waals surface area contributed by atoms with Crippen molar-refractivity contribution in [2.45, 2.75) is 13.0 Å². The van der Waals surface area contributed by atoms with Gasteiger partial charge >= 0.3 is 0 Å². The zero-order valence-electron chi connectivity index (χ0n) is 11.6. The van der Waals surface area contributed by atoms with Gasteiger partial charge in [-0.3, -0.25) is 4.99 Å². The first kappa shape index (κ1) is 13.5. The second kappa shape index (κ2) is 5.16. The van der Waals surface area contributed by atoms with Gasteiger partial charge in [0, 0.05) is 5.69 Å². The fourth-order valence-electron chi connectivity index (χ4n) is 2.69. The van der Waals surface area contributed by atoms with Crippen LogP contribution in [0.5, 0.6) is 0 Å². The number of aryl methyl sites for hydroxylation is 1. The molecule has 1 heterocycles. The minimum absolute atomic E-state index is 0.146. The maximum atomic E-state index is 13.5. The van der Waals surface area contributed by atoms with E-state index in [1.54, 1.807) is 23.1 Å². The van der Waals surface area contributed by atoms with Crippen molar-refractivity contribution in [3.63, 3.8) is 0 Å². The molecule has 1 aliphatic rings. The summed E-state index contributed by atoms with van der Waals surface area (Å²) >= 11 is 0. The van der Waals surface area contributed by atoms with Gasteiger partial charge < -0.3 is 10.6 Å². The average molecular weight is 287 g/mol. The quantitative estimate of drug-likeness (QED) is 0.922. The molecule has 0 spiro atoms. The van der Waals surface area contributed by atoms with Crippen molar-refractivity contribution in [2.24, 2.45) is 10.7 Å². The molecular formula is C16H15F2N3. The molecule has 0 aromatic heterocycles. The lowest BCUT2D eigenvalue weighted by atomic mass is 10.00. The van der Waals surface area contributed by atoms with Crippen LogP contribution in [0.2, 0.25) is 0 Å². The highest BCUT2D eigenvalue weighted by atomic mass is 19.1. The topological polar surface area (TPSA) is 41.6 Å². The maximum absolute atomic E-state index is 13.5. The van der Waals surface area contributed by atoms with Gasteiger partial charge in [-0.25, -0.2) is 8.78 Å². The van der Waals surface area contributed by atoms with Crippen LogP contribution in [-0.4, -0.2) is 12.5 Å². The van der Waals surface area contributed by atoms with E-state index >= 15 is 0 Å². The Hall–Kier alpha value is -2.43. The molecule has 2 aromatic rings. The van der Waals surface area contributed by atoms with Gasteiger partial charge in [-0.1, -0.05) is 12.1 Å². The van der Waals surface area contributed by atoms with Crippen LogP contribution in [0.15, 0.2) is 47.5 Å². The SMILES string of the molecule is Cc1cc(F)ccc1C1CN=C(N)N1c1cccc(F)c1. The molecule has 0 amide bonds. The molecule has 3 nitrogen and oxygen atoms in total. The first-order valence-corrected chi connectivity index (χ1v) is 6.67. The molecule has 3 rings (SSSR count). The van der Waals surface area contributed by atoms with Crippen molar-refractivity contribution in [3.8, 4) is 0 Å². The van der Waals surface area contributed by atoms with Crippen molar-refractivity contribution in [1.29, 1.82) is 0 Å². The number of hydrogen-bond acceptors (Lipinski definition) is 3. The fraction of sp³-hybridized carbons (Fsp3) is 0.188. The summed E-state index contributed by atoms with van der Waals surface area (Å²) < 4.78 is 26.7. The van der Waals surface area contributed by atoms with E-state index in [9.17, 15) is 8.78 Å². The van der Waals surface area contributed by atoms with Crippen LogP contribution in [0.3, 0.4) is 0 Å². The highest BCUT2D eigenvalue weighted by molar-refractivity contribution is 5.97. The van der Waals surface area contributed by atoms with Gasteiger partial charge in [0.05, 0.1) is 12.6 Å². The summed E-state index contributed by atoms with van der Waals surface area (Å²) in [6.45, 7) is 2.31. The Bertz CT molecular complexity index is 712. The van der Waals surface area contributed by atoms with Gasteiger partial charge in [0.15, 0.2) is 5.96 Å². The number of guanidine groups is 1. The van der Waals surface area contributed by atoms with Gasteiger partial charge in [-0.05, 0) is 48.4 Å². The summed E-state index contributed by atoms with van der Waals surface area (Å²) in [4.78, 5) is 6.03. The van der Waals surface area contributed by atoms with Crippen LogP contribution >= 0.6 is 0 Å². The zero-order chi connectivity index (χ0) is 15.0. The number of hydrogen-bond donors (Lipinski definition) is 1. The van der Waals surface area contributed by atoms with E-state index in [2.05, 4.69) is 4.99 Å². The summed E-state index contributed by atoms with van der Waals surface area (Å²) in [5.41, 5.74) is 8.35. The number of rotatable bonds is 2. The largest absolute Gasteiger partial charge is 0.369 e. The number of benzene rings is 2. The predicted molar refractivity (Wildman–Crippen MR) is 79.2 cm³/mol. The number of halogens is 2. The minimum atomic E-state index is -0.332. The molecule has 1 aliphatic heterocycles. The van der Waals surface area contributed by atoms with Gasteiger partial charge in [-0.2, -0.15) is 0 Å². The Morgan fingerprint density at radius 1 is 1.14 bits per heavy atom. The molecule has 21 heavy (non-hydrogen) atoms. The average Bonchev–Trinajstić information content (AvgIpc) is 2.80. The standard InChI is InChI=1S/C16H15F2N3/c1-10-7-12(18)5-6-14(10)15-9-20-16(19)21(15)13-4-2-3-11(17)8-13/h2-8,15H,9H2,1H3,(H2,19,20). The lowest BCUT2D eigenvalue weighted by molar-refractivity contribution is 0.623. The normalized spacial score (nSPS) is 18.0. The lowest BCUT2D eigenvalue weighted by Gasteiger charge is -2.27. The molecule has 0 fully saturated rings. The highest BCUT2D eigenvalue weighted by Gasteiger charge is 2.30. The van der Waals surface area contributed by atoms with Gasteiger partial charge in [0.1, 0.15) is 11.6 Å². The fourth-order valence-corrected chi connectivity index (χ4v) is 2.69. The first-order valence-electron chi connectivity index (χ1n) is 6.67. The molecular weight excluding hydrogens is 272 g/mol. The predicted octanol–water partition coefficient (Wildman–Crippen LogP) is 3.15. The molecule has 2 aromatic carbocycles. The van der Waals surface area contributed by atoms with E-state index in [0.29, 0.717) is 18.2 Å². The molecule has 108 valence electrons. The van der Waals surface area contributed by atoms with Crippen LogP contribution < -0.4 is 10.6 Å². The molecule has 5 heteroatoms. The Balaban J connectivity index is 2.03. The molecule has 1 unspecified atom stereocenters. The van der Waals surface area contributed by atoms with Gasteiger partial charge in [0.2, 0.25) is 0 Å². The van der Waals surface area contributed by atoms with Crippen molar-refractivity contribution < 1.29 is 8.78 Å². The van der Waals surface area contributed by atoms with E-state index < -0.39 is 0 Å². The first-order chi connectivity index (χ1) is 10.1. The molecule has 0 aliphatic carbocycles. The van der Waals surface area contributed by atoms with Crippen LogP contribution in [0.4, 0.5) is 14.5 Å². The summed E-state index contributed by atoms with van der Waals surface area (Å²) in [5.74, 6) is -0.267. The number of aliphatic imine (C=N–C) groups is 1. The smallest absolute Gasteiger partial charge is 0.196 e. The van der Waals surface area contributed by atoms with Crippen LogP contribution in [0.25, 0.3) is 0 Å². The van der Waals surface area contributed by atoms with Crippen molar-refractivity contribution in [2.75, 3.05) is 11.4 Å². The van der Waals surface area contributed by atoms with Crippen LogP contribution in [-0.2, 0) is 0 Å². The third-order valence-electron chi connectivity index (χ3n) is 3.66. The summed E-state index contributed by atoms with van der Waals surface area (Å²) in [6, 6.07) is 10.7. The van der Waals surface area contributed by atoms with Gasteiger partial charge in [-0.15, -0.1) is 0 Å². The zero-order valence-corrected chi connectivity index (χ0v) is 11.6. The Kier molecular flexibility index (Phi) is 3.33. The Morgan fingerprint density at radius 2 is 1.90 bits per heavy atom. The molecule has 2 N–H and O–H groups in total. The van der Waals surface area contributed by atoms with Crippen LogP contribution in [0, 0.1) is 18.6 Å². The lowest BCUT2D eigenvalue weighted by Crippen LogP contribution is -2.36. The van der Waals surface area contributed by atoms with Crippen molar-refractivity contribution in [3.05, 3.63) is 65.2 Å². The van der Waals surface area contributed by atoms with E-state index in [-0.39, 0.29) is 17.7 Å². The number of anilines is 1. The van der Waals surface area contributed by atoms with E-state index in [0.717, 1.165) is 11.1 Å². The third kappa shape index (κ3) is 2.46. The number of nitrogens with zero attached hydrogens (tertiary/aromatic N) is 2. The molecule has 0 bridgehead atoms. The van der Waals surface area contributed by atoms with Crippen LogP contribution in [0.1, 0.15) is 17.2 Å². The van der Waals surface area contributed by atoms with Crippen molar-refractivity contribution >= 4 is 11.6 Å². The summed E-state index contributed by atoms with van der Waals surface area (Å²) in [7, 11) is 0. The summed E-state index contributed by atoms with van der Waals surface area (Å²) in [6.07, 6.45) is 0. The monoisotopic (exact) mass is 287 g/mol. The molecule has 0 radical (unpaired) electrons. The van der Waals surface area contributed by atoms with Crippen molar-refractivity contribution in [1.82, 2.24) is 0 Å². The maximum Gasteiger partial charge on any atom is 0.196 e. The second-order valence-corrected chi connectivity index (χ2v) is 5.07. The third-order valence-corrected chi connectivity index (χ3v) is 3.66. The van der Waals surface area contributed by atoms with E-state index in [1.807, 2.05) is 6.92 Å². The van der Waals surface area contributed by atoms with E-state index in [4.69, 9.17) is 5.73 Å². The Morgan fingerprint density at radius 3 is 2.62 bits per heavy atom. The summed E-state index contributed by atoms with van der Waals surface area (Å²) in [5, 5.41) is 0. The molecule has 1 atom stereocenters. The number of nitrogens with two attached hydrogens (primary N) is 1. The molecule has 0 saturated heterocycles. The van der Waals surface area contributed by atoms with E-state index in [1.165, 1.54) is 24.3 Å². The van der Waals surface area contributed by atoms with Gasteiger partial charge in [0.25, 0.3) is 0 Å². The minimum Gasteiger partial charge on any atom is -0.369 e. The highest BCUT2D eigenvalue weighted by Crippen LogP contribution is 2.33. The molecule has 0 saturated carbocycles. The second-order valence-electron chi connectivity index (χ2n) is 5.07.